The fraction of sp³-hybridized carbons (Fsp3) is 0.333. The van der Waals surface area contributed by atoms with Crippen LogP contribution in [0.4, 0.5) is 5.69 Å². The van der Waals surface area contributed by atoms with E-state index in [2.05, 4.69) is 20.5 Å². The van der Waals surface area contributed by atoms with Crippen LogP contribution in [-0.4, -0.2) is 38.4 Å². The number of ether oxygens (including phenoxy) is 1. The van der Waals surface area contributed by atoms with Gasteiger partial charge in [0.25, 0.3) is 5.56 Å². The molecule has 140 valence electrons. The number of H-pyrrole nitrogens is 1. The highest BCUT2D eigenvalue weighted by Gasteiger charge is 2.20. The van der Waals surface area contributed by atoms with Gasteiger partial charge in [-0.2, -0.15) is 0 Å². The zero-order valence-corrected chi connectivity index (χ0v) is 15.6. The first-order chi connectivity index (χ1) is 13.2. The minimum atomic E-state index is -0.139. The van der Waals surface area contributed by atoms with Crippen LogP contribution in [0.5, 0.6) is 5.75 Å². The number of carbonyl (C=O) groups is 1. The number of nitrogens with zero attached hydrogens (tertiary/aromatic N) is 3. The maximum Gasteiger partial charge on any atom is 0.255 e. The molecular formula is C18H19N5O3S. The molecule has 0 atom stereocenters. The summed E-state index contributed by atoms with van der Waals surface area (Å²) in [4.78, 5) is 27.2. The Labute approximate surface area is 159 Å². The lowest BCUT2D eigenvalue weighted by atomic mass is 9.97. The first kappa shape index (κ1) is 17.6. The summed E-state index contributed by atoms with van der Waals surface area (Å²) in [5.74, 6) is 1.22. The van der Waals surface area contributed by atoms with E-state index in [1.807, 2.05) is 4.40 Å². The van der Waals surface area contributed by atoms with Crippen LogP contribution in [0.3, 0.4) is 0 Å². The molecule has 2 aromatic heterocycles. The van der Waals surface area contributed by atoms with Crippen LogP contribution >= 0.6 is 11.8 Å². The molecule has 1 aliphatic carbocycles. The van der Waals surface area contributed by atoms with Gasteiger partial charge >= 0.3 is 0 Å². The molecule has 0 radical (unpaired) electrons. The van der Waals surface area contributed by atoms with Crippen molar-refractivity contribution in [2.45, 2.75) is 30.8 Å². The molecule has 27 heavy (non-hydrogen) atoms. The Morgan fingerprint density at radius 2 is 2.04 bits per heavy atom. The number of thioether (sulfide) groups is 1. The molecule has 1 aromatic carbocycles. The van der Waals surface area contributed by atoms with Crippen molar-refractivity contribution in [3.8, 4) is 5.75 Å². The Hall–Kier alpha value is -2.81. The first-order valence-corrected chi connectivity index (χ1v) is 9.70. The predicted molar refractivity (Wildman–Crippen MR) is 103 cm³/mol. The van der Waals surface area contributed by atoms with Crippen molar-refractivity contribution >= 4 is 29.1 Å². The van der Waals surface area contributed by atoms with Gasteiger partial charge in [0.1, 0.15) is 5.75 Å². The van der Waals surface area contributed by atoms with E-state index in [9.17, 15) is 9.59 Å². The fourth-order valence-electron chi connectivity index (χ4n) is 3.25. The van der Waals surface area contributed by atoms with E-state index in [0.29, 0.717) is 16.6 Å². The minimum absolute atomic E-state index is 0.0848. The summed E-state index contributed by atoms with van der Waals surface area (Å²) in [7, 11) is 1.60. The Bertz CT molecular complexity index is 1040. The molecular weight excluding hydrogens is 366 g/mol. The molecule has 9 heteroatoms. The SMILES string of the molecule is COc1ccc(NC(=O)CSc2nnc3[nH]c(=O)c4c(n23)CCCC4)cc1. The first-order valence-electron chi connectivity index (χ1n) is 8.71. The number of anilines is 1. The molecule has 0 saturated heterocycles. The van der Waals surface area contributed by atoms with Crippen LogP contribution < -0.4 is 15.6 Å². The summed E-state index contributed by atoms with van der Waals surface area (Å²) < 4.78 is 6.98. The molecule has 0 spiro atoms. The maximum absolute atomic E-state index is 12.3. The van der Waals surface area contributed by atoms with Crippen LogP contribution in [0.2, 0.25) is 0 Å². The molecule has 1 amide bonds. The van der Waals surface area contributed by atoms with Crippen molar-refractivity contribution in [2.24, 2.45) is 0 Å². The number of nitrogens with one attached hydrogen (secondary N) is 2. The highest BCUT2D eigenvalue weighted by molar-refractivity contribution is 7.99. The average Bonchev–Trinajstić information content (AvgIpc) is 3.10. The van der Waals surface area contributed by atoms with Crippen LogP contribution in [-0.2, 0) is 17.6 Å². The maximum atomic E-state index is 12.3. The average molecular weight is 385 g/mol. The zero-order valence-electron chi connectivity index (χ0n) is 14.8. The molecule has 0 unspecified atom stereocenters. The smallest absolute Gasteiger partial charge is 0.255 e. The van der Waals surface area contributed by atoms with Gasteiger partial charge < -0.3 is 10.1 Å². The van der Waals surface area contributed by atoms with Crippen molar-refractivity contribution in [3.63, 3.8) is 0 Å². The quantitative estimate of drug-likeness (QED) is 0.652. The third-order valence-electron chi connectivity index (χ3n) is 4.55. The highest BCUT2D eigenvalue weighted by Crippen LogP contribution is 2.24. The molecule has 4 rings (SSSR count). The third kappa shape index (κ3) is 3.55. The van der Waals surface area contributed by atoms with Crippen LogP contribution in [0.15, 0.2) is 34.2 Å². The zero-order chi connectivity index (χ0) is 18.8. The summed E-state index contributed by atoms with van der Waals surface area (Å²) in [6.45, 7) is 0. The van der Waals surface area contributed by atoms with E-state index in [4.69, 9.17) is 4.74 Å². The van der Waals surface area contributed by atoms with Gasteiger partial charge in [-0.1, -0.05) is 11.8 Å². The molecule has 0 aliphatic heterocycles. The van der Waals surface area contributed by atoms with Gasteiger partial charge in [0, 0.05) is 16.9 Å². The molecule has 0 bridgehead atoms. The van der Waals surface area contributed by atoms with E-state index in [1.165, 1.54) is 11.8 Å². The molecule has 0 fully saturated rings. The summed E-state index contributed by atoms with van der Waals surface area (Å²) in [5.41, 5.74) is 2.38. The number of rotatable bonds is 5. The van der Waals surface area contributed by atoms with Gasteiger partial charge in [0.05, 0.1) is 12.9 Å². The lowest BCUT2D eigenvalue weighted by molar-refractivity contribution is -0.113. The van der Waals surface area contributed by atoms with Crippen LogP contribution in [0, 0.1) is 0 Å². The third-order valence-corrected chi connectivity index (χ3v) is 5.48. The number of aryl methyl sites for hydroxylation is 1. The Morgan fingerprint density at radius 1 is 1.26 bits per heavy atom. The predicted octanol–water partition coefficient (Wildman–Crippen LogP) is 2.04. The lowest BCUT2D eigenvalue weighted by Gasteiger charge is -2.16. The molecule has 0 saturated carbocycles. The summed E-state index contributed by atoms with van der Waals surface area (Å²) >= 11 is 1.30. The van der Waals surface area contributed by atoms with E-state index in [-0.39, 0.29) is 17.2 Å². The Morgan fingerprint density at radius 3 is 2.81 bits per heavy atom. The number of aromatic amines is 1. The number of hydrogen-bond acceptors (Lipinski definition) is 6. The second-order valence-corrected chi connectivity index (χ2v) is 7.24. The van der Waals surface area contributed by atoms with Crippen molar-refractivity contribution in [1.29, 1.82) is 0 Å². The fourth-order valence-corrected chi connectivity index (χ4v) is 4.00. The largest absolute Gasteiger partial charge is 0.497 e. The number of benzene rings is 1. The topological polar surface area (TPSA) is 101 Å². The van der Waals surface area contributed by atoms with E-state index in [0.717, 1.165) is 42.7 Å². The molecule has 8 nitrogen and oxygen atoms in total. The van der Waals surface area contributed by atoms with E-state index in [1.54, 1.807) is 31.4 Å². The number of fused-ring (bicyclic) bond motifs is 3. The number of hydrogen-bond donors (Lipinski definition) is 2. The molecule has 2 heterocycles. The van der Waals surface area contributed by atoms with Gasteiger partial charge in [0.2, 0.25) is 11.7 Å². The molecule has 3 aromatic rings. The number of methoxy groups -OCH3 is 1. The van der Waals surface area contributed by atoms with E-state index >= 15 is 0 Å². The normalized spacial score (nSPS) is 13.4. The standard InChI is InChI=1S/C18H19N5O3S/c1-26-12-8-6-11(7-9-12)19-15(24)10-27-18-22-21-17-20-16(25)13-4-2-3-5-14(13)23(17)18/h6-9H,2-5,10H2,1H3,(H,19,24)(H,20,21,25). The number of carbonyl (C=O) groups excluding carboxylic acids is 1. The number of amides is 1. The second-order valence-electron chi connectivity index (χ2n) is 6.29. The van der Waals surface area contributed by atoms with Gasteiger partial charge in [-0.05, 0) is 49.9 Å². The van der Waals surface area contributed by atoms with Crippen LogP contribution in [0.25, 0.3) is 5.78 Å². The Balaban J connectivity index is 1.50. The van der Waals surface area contributed by atoms with Crippen LogP contribution in [0.1, 0.15) is 24.1 Å². The second kappa shape index (κ2) is 7.43. The summed E-state index contributed by atoms with van der Waals surface area (Å²) in [6.07, 6.45) is 3.63. The van der Waals surface area contributed by atoms with Crippen molar-refractivity contribution < 1.29 is 9.53 Å². The molecule has 1 aliphatic rings. The number of aromatic nitrogens is 4. The van der Waals surface area contributed by atoms with Gasteiger partial charge in [-0.25, -0.2) is 0 Å². The highest BCUT2D eigenvalue weighted by atomic mass is 32.2. The van der Waals surface area contributed by atoms with E-state index < -0.39 is 0 Å². The molecule has 2 N–H and O–H groups in total. The Kier molecular flexibility index (Phi) is 4.85. The van der Waals surface area contributed by atoms with Gasteiger partial charge in [0.15, 0.2) is 5.16 Å². The van der Waals surface area contributed by atoms with Gasteiger partial charge in [-0.3, -0.25) is 19.0 Å². The minimum Gasteiger partial charge on any atom is -0.497 e. The summed E-state index contributed by atoms with van der Waals surface area (Å²) in [5, 5.41) is 11.7. The van der Waals surface area contributed by atoms with Gasteiger partial charge in [-0.15, -0.1) is 10.2 Å². The monoisotopic (exact) mass is 385 g/mol. The van der Waals surface area contributed by atoms with Crippen molar-refractivity contribution in [1.82, 2.24) is 19.6 Å². The van der Waals surface area contributed by atoms with Crippen molar-refractivity contribution in [2.75, 3.05) is 18.2 Å². The summed E-state index contributed by atoms with van der Waals surface area (Å²) in [6, 6.07) is 7.15. The lowest BCUT2D eigenvalue weighted by Crippen LogP contribution is -2.23. The van der Waals surface area contributed by atoms with Crippen molar-refractivity contribution in [3.05, 3.63) is 45.9 Å².